The SMILES string of the molecule is COc1cccc(C=Cc2c(Cl)cc(Cl)c(=O)n2CCc2ccc(C(=O)NS(=O)(=O)N3CCS(=O)(=O)CC3)cc2)c1. The van der Waals surface area contributed by atoms with E-state index in [1.54, 1.807) is 31.4 Å². The minimum absolute atomic E-state index is 0.0203. The van der Waals surface area contributed by atoms with Crippen LogP contribution < -0.4 is 15.0 Å². The second kappa shape index (κ2) is 12.8. The van der Waals surface area contributed by atoms with Crippen molar-refractivity contribution in [2.45, 2.75) is 13.0 Å². The molecule has 0 spiro atoms. The van der Waals surface area contributed by atoms with Gasteiger partial charge in [0, 0.05) is 25.2 Å². The molecule has 0 saturated carbocycles. The molecule has 1 aromatic heterocycles. The number of ether oxygens (including phenoxy) is 1. The molecule has 1 amide bonds. The van der Waals surface area contributed by atoms with Crippen molar-refractivity contribution in [2.24, 2.45) is 0 Å². The number of rotatable bonds is 9. The number of nitrogens with one attached hydrogen (secondary N) is 1. The molecule has 1 aliphatic rings. The molecule has 0 unspecified atom stereocenters. The number of hydrogen-bond donors (Lipinski definition) is 1. The highest BCUT2D eigenvalue weighted by molar-refractivity contribution is 7.92. The van der Waals surface area contributed by atoms with E-state index in [-0.39, 0.29) is 41.7 Å². The first-order chi connectivity index (χ1) is 19.4. The fourth-order valence-corrected chi connectivity index (χ4v) is 7.28. The second-order valence-corrected chi connectivity index (χ2v) is 14.0. The zero-order valence-corrected chi connectivity index (χ0v) is 25.1. The number of methoxy groups -OCH3 is 1. The molecular formula is C27H27Cl2N3O7S2. The normalized spacial score (nSPS) is 15.6. The van der Waals surface area contributed by atoms with Gasteiger partial charge >= 0.3 is 10.2 Å². The summed E-state index contributed by atoms with van der Waals surface area (Å²) >= 11 is 12.6. The van der Waals surface area contributed by atoms with Crippen molar-refractivity contribution < 1.29 is 26.4 Å². The van der Waals surface area contributed by atoms with Crippen LogP contribution in [0.2, 0.25) is 10.0 Å². The highest BCUT2D eigenvalue weighted by Gasteiger charge is 2.31. The summed E-state index contributed by atoms with van der Waals surface area (Å²) in [5.74, 6) is -0.747. The van der Waals surface area contributed by atoms with Crippen molar-refractivity contribution in [3.8, 4) is 5.75 Å². The lowest BCUT2D eigenvalue weighted by atomic mass is 10.1. The molecule has 2 heterocycles. The number of nitrogens with zero attached hydrogens (tertiary/aromatic N) is 2. The van der Waals surface area contributed by atoms with Crippen molar-refractivity contribution in [3.63, 3.8) is 0 Å². The first-order valence-corrected chi connectivity index (χ1v) is 16.4. The van der Waals surface area contributed by atoms with Crippen LogP contribution in [0.1, 0.15) is 27.2 Å². The average molecular weight is 641 g/mol. The molecule has 218 valence electrons. The Morgan fingerprint density at radius 2 is 1.71 bits per heavy atom. The monoisotopic (exact) mass is 639 g/mol. The maximum atomic E-state index is 12.9. The number of benzene rings is 2. The van der Waals surface area contributed by atoms with E-state index in [1.165, 1.54) is 22.8 Å². The number of amides is 1. The lowest BCUT2D eigenvalue weighted by molar-refractivity contribution is 0.0979. The molecule has 1 N–H and O–H groups in total. The van der Waals surface area contributed by atoms with E-state index < -0.39 is 31.5 Å². The van der Waals surface area contributed by atoms with Gasteiger partial charge in [-0.2, -0.15) is 12.7 Å². The van der Waals surface area contributed by atoms with E-state index in [0.717, 1.165) is 15.4 Å². The van der Waals surface area contributed by atoms with Gasteiger partial charge in [0.25, 0.3) is 11.5 Å². The Morgan fingerprint density at radius 1 is 1.02 bits per heavy atom. The first-order valence-electron chi connectivity index (χ1n) is 12.4. The molecule has 10 nitrogen and oxygen atoms in total. The predicted octanol–water partition coefficient (Wildman–Crippen LogP) is 3.28. The van der Waals surface area contributed by atoms with Crippen LogP contribution in [0.25, 0.3) is 12.2 Å². The average Bonchev–Trinajstić information content (AvgIpc) is 2.93. The smallest absolute Gasteiger partial charge is 0.304 e. The van der Waals surface area contributed by atoms with Crippen LogP contribution in [0.15, 0.2) is 59.4 Å². The number of pyridine rings is 1. The van der Waals surface area contributed by atoms with Crippen LogP contribution >= 0.6 is 23.2 Å². The number of hydrogen-bond acceptors (Lipinski definition) is 7. The predicted molar refractivity (Wildman–Crippen MR) is 159 cm³/mol. The van der Waals surface area contributed by atoms with Gasteiger partial charge in [-0.25, -0.2) is 13.1 Å². The van der Waals surface area contributed by atoms with Crippen LogP contribution in [-0.4, -0.2) is 63.3 Å². The molecule has 0 aliphatic carbocycles. The Labute approximate surface area is 248 Å². The summed E-state index contributed by atoms with van der Waals surface area (Å²) in [7, 11) is -5.90. The van der Waals surface area contributed by atoms with E-state index in [9.17, 15) is 26.4 Å². The van der Waals surface area contributed by atoms with E-state index >= 15 is 0 Å². The fourth-order valence-electron chi connectivity index (χ4n) is 4.17. The molecule has 2 aromatic carbocycles. The van der Waals surface area contributed by atoms with Gasteiger partial charge in [0.1, 0.15) is 10.8 Å². The third kappa shape index (κ3) is 7.77. The van der Waals surface area contributed by atoms with Crippen molar-refractivity contribution in [1.82, 2.24) is 13.6 Å². The summed E-state index contributed by atoms with van der Waals surface area (Å²) in [4.78, 5) is 25.5. The van der Waals surface area contributed by atoms with E-state index in [0.29, 0.717) is 22.9 Å². The highest BCUT2D eigenvalue weighted by atomic mass is 35.5. The molecular weight excluding hydrogens is 613 g/mol. The molecule has 14 heteroatoms. The molecule has 1 aliphatic heterocycles. The van der Waals surface area contributed by atoms with Crippen LogP contribution in [0.5, 0.6) is 5.75 Å². The van der Waals surface area contributed by atoms with Gasteiger partial charge in [-0.1, -0.05) is 53.5 Å². The highest BCUT2D eigenvalue weighted by Crippen LogP contribution is 2.22. The Kier molecular flexibility index (Phi) is 9.60. The molecule has 41 heavy (non-hydrogen) atoms. The molecule has 1 fully saturated rings. The van der Waals surface area contributed by atoms with Gasteiger partial charge in [-0.05, 0) is 54.0 Å². The molecule has 0 atom stereocenters. The summed E-state index contributed by atoms with van der Waals surface area (Å²) in [6.07, 6.45) is 3.91. The second-order valence-electron chi connectivity index (χ2n) is 9.23. The Balaban J connectivity index is 1.46. The molecule has 4 rings (SSSR count). The Hall–Kier alpha value is -3.16. The van der Waals surface area contributed by atoms with E-state index in [4.69, 9.17) is 27.9 Å². The Bertz CT molecular complexity index is 1740. The maximum Gasteiger partial charge on any atom is 0.304 e. The largest absolute Gasteiger partial charge is 0.497 e. The third-order valence-electron chi connectivity index (χ3n) is 6.47. The van der Waals surface area contributed by atoms with Crippen molar-refractivity contribution in [1.29, 1.82) is 0 Å². The first kappa shape index (κ1) is 30.8. The topological polar surface area (TPSA) is 132 Å². The lowest BCUT2D eigenvalue weighted by Crippen LogP contribution is -2.49. The number of carbonyl (C=O) groups is 1. The summed E-state index contributed by atoms with van der Waals surface area (Å²) in [6.45, 7) is -0.199. The zero-order chi connectivity index (χ0) is 29.8. The standard InChI is InChI=1S/C27H27Cl2N3O7S2/c1-39-22-4-2-3-20(17-22)7-10-25-23(28)18-24(29)27(34)32(25)12-11-19-5-8-21(9-6-19)26(33)30-41(37,38)31-13-15-40(35,36)16-14-31/h2-10,17-18H,11-16H2,1H3,(H,30,33). The van der Waals surface area contributed by atoms with Crippen molar-refractivity contribution >= 4 is 61.3 Å². The van der Waals surface area contributed by atoms with Gasteiger partial charge in [-0.3, -0.25) is 9.59 Å². The van der Waals surface area contributed by atoms with Gasteiger partial charge in [-0.15, -0.1) is 0 Å². The number of aryl methyl sites for hydroxylation is 1. The zero-order valence-electron chi connectivity index (χ0n) is 21.9. The lowest BCUT2D eigenvalue weighted by Gasteiger charge is -2.25. The summed E-state index contributed by atoms with van der Waals surface area (Å²) in [5.41, 5.74) is 1.78. The van der Waals surface area contributed by atoms with E-state index in [2.05, 4.69) is 0 Å². The van der Waals surface area contributed by atoms with Crippen molar-refractivity contribution in [3.05, 3.63) is 97.4 Å². The number of carbonyl (C=O) groups excluding carboxylic acids is 1. The molecule has 1 saturated heterocycles. The van der Waals surface area contributed by atoms with Gasteiger partial charge in [0.05, 0.1) is 29.3 Å². The number of sulfone groups is 1. The molecule has 0 bridgehead atoms. The molecule has 0 radical (unpaired) electrons. The third-order valence-corrected chi connectivity index (χ3v) is 10.1. The maximum absolute atomic E-state index is 12.9. The summed E-state index contributed by atoms with van der Waals surface area (Å²) in [6, 6.07) is 15.0. The summed E-state index contributed by atoms with van der Waals surface area (Å²) < 4.78 is 57.9. The summed E-state index contributed by atoms with van der Waals surface area (Å²) in [5, 5.41) is 0.279. The fraction of sp³-hybridized carbons (Fsp3) is 0.259. The molecule has 3 aromatic rings. The van der Waals surface area contributed by atoms with E-state index in [1.807, 2.05) is 29.0 Å². The van der Waals surface area contributed by atoms with Crippen molar-refractivity contribution in [2.75, 3.05) is 31.7 Å². The van der Waals surface area contributed by atoms with Crippen LogP contribution in [0, 0.1) is 0 Å². The van der Waals surface area contributed by atoms with Crippen LogP contribution in [0.4, 0.5) is 0 Å². The van der Waals surface area contributed by atoms with Crippen LogP contribution in [0.3, 0.4) is 0 Å². The van der Waals surface area contributed by atoms with Gasteiger partial charge in [0.2, 0.25) is 0 Å². The van der Waals surface area contributed by atoms with Crippen LogP contribution in [-0.2, 0) is 33.0 Å². The van der Waals surface area contributed by atoms with Gasteiger partial charge < -0.3 is 9.30 Å². The Morgan fingerprint density at radius 3 is 2.37 bits per heavy atom. The number of aromatic nitrogens is 1. The van der Waals surface area contributed by atoms with Gasteiger partial charge in [0.15, 0.2) is 9.84 Å². The number of halogens is 2. The minimum atomic E-state index is -4.19. The quantitative estimate of drug-likeness (QED) is 0.380. The minimum Gasteiger partial charge on any atom is -0.497 e.